The van der Waals surface area contributed by atoms with E-state index in [1.165, 1.54) is 0 Å². The van der Waals surface area contributed by atoms with E-state index in [0.717, 1.165) is 34.6 Å². The third-order valence-electron chi connectivity index (χ3n) is 6.06. The molecule has 2 unspecified atom stereocenters. The van der Waals surface area contributed by atoms with Crippen LogP contribution in [0.3, 0.4) is 0 Å². The van der Waals surface area contributed by atoms with Crippen LogP contribution in [0.2, 0.25) is 0 Å². The Kier molecular flexibility index (Phi) is 8.75. The van der Waals surface area contributed by atoms with Crippen LogP contribution in [0.15, 0.2) is 42.5 Å². The van der Waals surface area contributed by atoms with Crippen LogP contribution >= 0.6 is 0 Å². The van der Waals surface area contributed by atoms with E-state index in [2.05, 4.69) is 11.4 Å². The lowest BCUT2D eigenvalue weighted by atomic mass is 10.0. The molecule has 2 aromatic rings. The number of fused-ring (bicyclic) bond motifs is 1. The zero-order valence-corrected chi connectivity index (χ0v) is 20.2. The number of carbonyl (C=O) groups excluding carboxylic acids is 2. The molecule has 2 amide bonds. The van der Waals surface area contributed by atoms with Gasteiger partial charge in [0.2, 0.25) is 11.8 Å². The number of hydrogen-bond donors (Lipinski definition) is 1. The molecule has 2 aromatic carbocycles. The molecule has 0 radical (unpaired) electrons. The number of nitrogens with zero attached hydrogens (tertiary/aromatic N) is 1. The second-order valence-electron chi connectivity index (χ2n) is 8.73. The number of aryl methyl sites for hydroxylation is 2. The first-order valence-electron chi connectivity index (χ1n) is 11.9. The summed E-state index contributed by atoms with van der Waals surface area (Å²) >= 11 is 0. The molecule has 0 aliphatic carbocycles. The highest BCUT2D eigenvalue weighted by atomic mass is 16.6. The minimum atomic E-state index is -0.507. The third kappa shape index (κ3) is 6.73. The van der Waals surface area contributed by atoms with Gasteiger partial charge in [-0.2, -0.15) is 0 Å². The first-order valence-corrected chi connectivity index (χ1v) is 11.9. The molecule has 0 saturated heterocycles. The topological polar surface area (TPSA) is 67.9 Å². The molecule has 2 atom stereocenters. The lowest BCUT2D eigenvalue weighted by Crippen LogP contribution is -2.50. The summed E-state index contributed by atoms with van der Waals surface area (Å²) in [5, 5.41) is 3.06. The Morgan fingerprint density at radius 3 is 2.45 bits per heavy atom. The van der Waals surface area contributed by atoms with E-state index in [4.69, 9.17) is 9.47 Å². The zero-order chi connectivity index (χ0) is 23.8. The van der Waals surface area contributed by atoms with Crippen molar-refractivity contribution in [3.8, 4) is 11.5 Å². The molecule has 6 heteroatoms. The normalized spacial score (nSPS) is 14.3. The van der Waals surface area contributed by atoms with Gasteiger partial charge in [-0.3, -0.25) is 9.59 Å². The molecule has 0 bridgehead atoms. The van der Waals surface area contributed by atoms with Gasteiger partial charge in [0.25, 0.3) is 0 Å². The molecule has 0 saturated carbocycles. The minimum absolute atomic E-state index is 0.0300. The smallest absolute Gasteiger partial charge is 0.243 e. The van der Waals surface area contributed by atoms with Crippen molar-refractivity contribution in [3.05, 3.63) is 59.2 Å². The molecule has 0 aromatic heterocycles. The van der Waals surface area contributed by atoms with Crippen molar-refractivity contribution < 1.29 is 19.1 Å². The SMILES string of the molecule is CCC(C)NC(=O)C(CC)N(Cc1cccc(C)c1)C(=O)CCc1ccc2c(c1)OCCO2. The van der Waals surface area contributed by atoms with Crippen LogP contribution in [0.25, 0.3) is 0 Å². The number of carbonyl (C=O) groups is 2. The summed E-state index contributed by atoms with van der Waals surface area (Å²) < 4.78 is 11.3. The van der Waals surface area contributed by atoms with Gasteiger partial charge in [-0.1, -0.05) is 49.7 Å². The lowest BCUT2D eigenvalue weighted by Gasteiger charge is -2.31. The quantitative estimate of drug-likeness (QED) is 0.579. The fraction of sp³-hybridized carbons (Fsp3) is 0.481. The molecule has 1 aliphatic heterocycles. The Balaban J connectivity index is 1.76. The van der Waals surface area contributed by atoms with E-state index in [9.17, 15) is 9.59 Å². The van der Waals surface area contributed by atoms with Crippen molar-refractivity contribution >= 4 is 11.8 Å². The number of hydrogen-bond acceptors (Lipinski definition) is 4. The summed E-state index contributed by atoms with van der Waals surface area (Å²) in [6.07, 6.45) is 2.30. The highest BCUT2D eigenvalue weighted by Gasteiger charge is 2.29. The fourth-order valence-corrected chi connectivity index (χ4v) is 4.01. The Morgan fingerprint density at radius 1 is 1.00 bits per heavy atom. The number of nitrogens with one attached hydrogen (secondary N) is 1. The van der Waals surface area contributed by atoms with Crippen LogP contribution in [0.1, 0.15) is 56.7 Å². The highest BCUT2D eigenvalue weighted by molar-refractivity contribution is 5.88. The summed E-state index contributed by atoms with van der Waals surface area (Å²) in [5.41, 5.74) is 3.17. The predicted octanol–water partition coefficient (Wildman–Crippen LogP) is 4.42. The van der Waals surface area contributed by atoms with Crippen molar-refractivity contribution in [3.63, 3.8) is 0 Å². The summed E-state index contributed by atoms with van der Waals surface area (Å²) in [5.74, 6) is 1.34. The number of rotatable bonds is 10. The van der Waals surface area contributed by atoms with Crippen molar-refractivity contribution in [1.29, 1.82) is 0 Å². The number of amides is 2. The molecule has 1 N–H and O–H groups in total. The second kappa shape index (κ2) is 11.7. The zero-order valence-electron chi connectivity index (χ0n) is 20.2. The van der Waals surface area contributed by atoms with Crippen LogP contribution in [0, 0.1) is 6.92 Å². The average Bonchev–Trinajstić information content (AvgIpc) is 2.82. The molecule has 178 valence electrons. The Morgan fingerprint density at radius 2 is 1.76 bits per heavy atom. The fourth-order valence-electron chi connectivity index (χ4n) is 4.01. The first kappa shape index (κ1) is 24.6. The van der Waals surface area contributed by atoms with Crippen LogP contribution < -0.4 is 14.8 Å². The van der Waals surface area contributed by atoms with Crippen molar-refractivity contribution in [1.82, 2.24) is 10.2 Å². The van der Waals surface area contributed by atoms with E-state index in [1.807, 2.05) is 64.1 Å². The maximum absolute atomic E-state index is 13.4. The van der Waals surface area contributed by atoms with Gasteiger partial charge in [-0.25, -0.2) is 0 Å². The molecule has 1 heterocycles. The van der Waals surface area contributed by atoms with Gasteiger partial charge in [0.15, 0.2) is 11.5 Å². The van der Waals surface area contributed by atoms with Crippen LogP contribution in [0.5, 0.6) is 11.5 Å². The Bertz CT molecular complexity index is 959. The standard InChI is InChI=1S/C27H36N2O4/c1-5-20(4)28-27(31)23(6-2)29(18-22-9-7-8-19(3)16-22)26(30)13-11-21-10-12-24-25(17-21)33-15-14-32-24/h7-10,12,16-17,20,23H,5-6,11,13-15,18H2,1-4H3,(H,28,31). The van der Waals surface area contributed by atoms with E-state index in [-0.39, 0.29) is 17.9 Å². The molecule has 0 spiro atoms. The van der Waals surface area contributed by atoms with Crippen molar-refractivity contribution in [2.45, 2.75) is 72.0 Å². The number of ether oxygens (including phenoxy) is 2. The largest absolute Gasteiger partial charge is 0.486 e. The van der Waals surface area contributed by atoms with Gasteiger partial charge >= 0.3 is 0 Å². The van der Waals surface area contributed by atoms with E-state index in [0.29, 0.717) is 39.0 Å². The maximum atomic E-state index is 13.4. The number of benzene rings is 2. The maximum Gasteiger partial charge on any atom is 0.243 e. The van der Waals surface area contributed by atoms with Crippen LogP contribution in [-0.4, -0.2) is 42.0 Å². The van der Waals surface area contributed by atoms with E-state index in [1.54, 1.807) is 4.90 Å². The molecular formula is C27H36N2O4. The second-order valence-corrected chi connectivity index (χ2v) is 8.73. The highest BCUT2D eigenvalue weighted by Crippen LogP contribution is 2.31. The summed E-state index contributed by atoms with van der Waals surface area (Å²) in [4.78, 5) is 28.2. The average molecular weight is 453 g/mol. The summed E-state index contributed by atoms with van der Waals surface area (Å²) in [6.45, 7) is 9.50. The van der Waals surface area contributed by atoms with Crippen LogP contribution in [0.4, 0.5) is 0 Å². The van der Waals surface area contributed by atoms with Crippen molar-refractivity contribution in [2.75, 3.05) is 13.2 Å². The third-order valence-corrected chi connectivity index (χ3v) is 6.06. The van der Waals surface area contributed by atoms with Gasteiger partial charge in [0, 0.05) is 19.0 Å². The van der Waals surface area contributed by atoms with Gasteiger partial charge in [-0.15, -0.1) is 0 Å². The van der Waals surface area contributed by atoms with E-state index < -0.39 is 6.04 Å². The van der Waals surface area contributed by atoms with E-state index >= 15 is 0 Å². The van der Waals surface area contributed by atoms with Gasteiger partial charge in [-0.05, 0) is 56.4 Å². The Hall–Kier alpha value is -3.02. The summed E-state index contributed by atoms with van der Waals surface area (Å²) in [6, 6.07) is 13.5. The molecule has 3 rings (SSSR count). The summed E-state index contributed by atoms with van der Waals surface area (Å²) in [7, 11) is 0. The van der Waals surface area contributed by atoms with Gasteiger partial charge in [0.1, 0.15) is 19.3 Å². The molecule has 6 nitrogen and oxygen atoms in total. The molecular weight excluding hydrogens is 416 g/mol. The minimum Gasteiger partial charge on any atom is -0.486 e. The Labute approximate surface area is 197 Å². The lowest BCUT2D eigenvalue weighted by molar-refractivity contribution is -0.141. The molecule has 1 aliphatic rings. The van der Waals surface area contributed by atoms with Gasteiger partial charge < -0.3 is 19.7 Å². The van der Waals surface area contributed by atoms with Crippen LogP contribution in [-0.2, 0) is 22.6 Å². The molecule has 0 fully saturated rings. The molecule has 33 heavy (non-hydrogen) atoms. The van der Waals surface area contributed by atoms with Crippen molar-refractivity contribution in [2.24, 2.45) is 0 Å². The predicted molar refractivity (Wildman–Crippen MR) is 129 cm³/mol. The monoisotopic (exact) mass is 452 g/mol. The first-order chi connectivity index (χ1) is 15.9. The van der Waals surface area contributed by atoms with Gasteiger partial charge in [0.05, 0.1) is 0 Å².